The summed E-state index contributed by atoms with van der Waals surface area (Å²) < 4.78 is 60.7. The Bertz CT molecular complexity index is 1900. The minimum Gasteiger partial charge on any atom is -0.463 e. The van der Waals surface area contributed by atoms with E-state index in [0.29, 0.717) is 19.3 Å². The summed E-state index contributed by atoms with van der Waals surface area (Å²) in [4.78, 5) is 58.1. The summed E-state index contributed by atoms with van der Waals surface area (Å²) in [6.45, 7) is 2.46. The largest absolute Gasteiger partial charge is 0.472 e. The van der Waals surface area contributed by atoms with Crippen molar-refractivity contribution in [3.63, 3.8) is 0 Å². The third-order valence-corrected chi connectivity index (χ3v) is 15.5. The number of esters is 3. The molecule has 0 radical (unpaired) electrons. The predicted molar refractivity (Wildman–Crippen MR) is 344 cm³/mol. The Hall–Kier alpha value is -3.27. The minimum atomic E-state index is -4.92. The molecular formula is C67H118O16P2. The van der Waals surface area contributed by atoms with E-state index in [2.05, 4.69) is 106 Å². The Morgan fingerprint density at radius 3 is 1.04 bits per heavy atom. The van der Waals surface area contributed by atoms with Crippen LogP contribution in [-0.2, 0) is 55.8 Å². The van der Waals surface area contributed by atoms with Gasteiger partial charge < -0.3 is 34.2 Å². The third kappa shape index (κ3) is 62.1. The van der Waals surface area contributed by atoms with E-state index < -0.39 is 91.5 Å². The second kappa shape index (κ2) is 61.0. The summed E-state index contributed by atoms with van der Waals surface area (Å²) in [5.74, 6) is -1.60. The van der Waals surface area contributed by atoms with Crippen LogP contribution < -0.4 is 0 Å². The first-order valence-electron chi connectivity index (χ1n) is 32.9. The number of aliphatic hydroxyl groups excluding tert-OH is 2. The molecule has 0 rings (SSSR count). The van der Waals surface area contributed by atoms with Gasteiger partial charge in [0.25, 0.3) is 0 Å². The summed E-state index contributed by atoms with van der Waals surface area (Å²) in [5, 5.41) is 20.5. The molecule has 0 aliphatic carbocycles. The lowest BCUT2D eigenvalue weighted by Crippen LogP contribution is -2.30. The van der Waals surface area contributed by atoms with Gasteiger partial charge in [0.1, 0.15) is 25.4 Å². The van der Waals surface area contributed by atoms with E-state index in [0.717, 1.165) is 141 Å². The van der Waals surface area contributed by atoms with Gasteiger partial charge in [0.15, 0.2) is 6.10 Å². The molecule has 492 valence electrons. The fourth-order valence-electron chi connectivity index (χ4n) is 8.51. The van der Waals surface area contributed by atoms with E-state index in [-0.39, 0.29) is 19.3 Å². The fourth-order valence-corrected chi connectivity index (χ4v) is 10.1. The first-order chi connectivity index (χ1) is 41.2. The predicted octanol–water partition coefficient (Wildman–Crippen LogP) is 17.8. The van der Waals surface area contributed by atoms with Crippen LogP contribution in [0.4, 0.5) is 0 Å². The first-order valence-corrected chi connectivity index (χ1v) is 35.9. The van der Waals surface area contributed by atoms with Gasteiger partial charge in [-0.2, -0.15) is 0 Å². The number of allylic oxidation sites excluding steroid dienone is 14. The molecule has 0 aromatic rings. The van der Waals surface area contributed by atoms with Crippen LogP contribution in [0, 0.1) is 0 Å². The highest BCUT2D eigenvalue weighted by Crippen LogP contribution is 2.45. The summed E-state index contributed by atoms with van der Waals surface area (Å²) in [6, 6.07) is 0. The van der Waals surface area contributed by atoms with Crippen molar-refractivity contribution in [2.24, 2.45) is 0 Å². The molecule has 0 aromatic carbocycles. The second-order valence-corrected chi connectivity index (χ2v) is 24.8. The standard InChI is InChI=1S/C67H118O16P2/c1-4-7-10-13-16-19-22-24-25-26-27-28-29-30-31-32-33-34-35-37-40-41-44-47-50-53-65(70)77-56-62(68)57-79-84(73,74)80-58-63(69)59-81-85(75,76)82-61-64(83-67(72)55-52-49-46-43-38-21-18-15-12-9-6-3)60-78-66(71)54-51-48-45-42-39-36-23-20-17-14-11-8-5-2/h7,10,15-16,18-20,23-25,27-28,30-31,62-64,68-69H,4-6,8-9,11-14,17,21-22,26,29,32-61H2,1-3H3,(H,73,74)(H,75,76)/b10-7-,18-15-,19-16-,23-20-,25-24-,28-27-,31-30-. The molecule has 0 saturated heterocycles. The SMILES string of the molecule is CC/C=C\C/C=C\C/C=C\C/C=C\C/C=C\CCCCCCCCCCCC(=O)OCC(O)COP(=O)(O)OCC(O)COP(=O)(O)OCC(COC(=O)CCCCCCC/C=C\CCCCCC)OC(=O)CCCCCCC/C=C\CCCC. The molecule has 5 unspecified atom stereocenters. The van der Waals surface area contributed by atoms with Gasteiger partial charge in [-0.05, 0) is 109 Å². The number of carbonyl (C=O) groups is 3. The fraction of sp³-hybridized carbons (Fsp3) is 0.746. The lowest BCUT2D eigenvalue weighted by molar-refractivity contribution is -0.161. The van der Waals surface area contributed by atoms with Gasteiger partial charge in [0.05, 0.1) is 26.4 Å². The number of aliphatic hydroxyl groups is 2. The zero-order valence-corrected chi connectivity index (χ0v) is 54.8. The lowest BCUT2D eigenvalue weighted by Gasteiger charge is -2.21. The van der Waals surface area contributed by atoms with Crippen molar-refractivity contribution < 1.29 is 75.8 Å². The average Bonchev–Trinajstić information content (AvgIpc) is 3.60. The van der Waals surface area contributed by atoms with E-state index in [1.54, 1.807) is 0 Å². The molecule has 0 aliphatic heterocycles. The third-order valence-electron chi connectivity index (χ3n) is 13.6. The molecule has 0 fully saturated rings. The van der Waals surface area contributed by atoms with Gasteiger partial charge in [-0.25, -0.2) is 9.13 Å². The molecule has 18 heteroatoms. The molecule has 0 heterocycles. The molecule has 5 atom stereocenters. The normalized spacial score (nSPS) is 14.9. The van der Waals surface area contributed by atoms with Gasteiger partial charge in [0.2, 0.25) is 0 Å². The zero-order valence-electron chi connectivity index (χ0n) is 53.0. The topological polar surface area (TPSA) is 231 Å². The molecule has 0 bridgehead atoms. The Morgan fingerprint density at radius 1 is 0.341 bits per heavy atom. The van der Waals surface area contributed by atoms with E-state index in [1.807, 2.05) is 0 Å². The first kappa shape index (κ1) is 81.7. The number of hydrogen-bond acceptors (Lipinski definition) is 14. The molecule has 4 N–H and O–H groups in total. The van der Waals surface area contributed by atoms with Crippen LogP contribution in [0.25, 0.3) is 0 Å². The average molecular weight is 1240 g/mol. The van der Waals surface area contributed by atoms with Crippen molar-refractivity contribution in [3.8, 4) is 0 Å². The summed E-state index contributed by atoms with van der Waals surface area (Å²) in [6.07, 6.45) is 63.7. The number of unbranched alkanes of at least 4 members (excludes halogenated alkanes) is 25. The van der Waals surface area contributed by atoms with Crippen LogP contribution >= 0.6 is 15.6 Å². The van der Waals surface area contributed by atoms with Crippen molar-refractivity contribution in [2.75, 3.05) is 39.6 Å². The summed E-state index contributed by atoms with van der Waals surface area (Å²) in [5.41, 5.74) is 0. The van der Waals surface area contributed by atoms with E-state index in [1.165, 1.54) is 64.2 Å². The van der Waals surface area contributed by atoms with Gasteiger partial charge in [-0.3, -0.25) is 32.5 Å². The number of ether oxygens (including phenoxy) is 3. The highest BCUT2D eigenvalue weighted by atomic mass is 31.2. The van der Waals surface area contributed by atoms with Crippen LogP contribution in [0.3, 0.4) is 0 Å². The van der Waals surface area contributed by atoms with Crippen LogP contribution in [0.1, 0.15) is 265 Å². The summed E-state index contributed by atoms with van der Waals surface area (Å²) in [7, 11) is -9.76. The Morgan fingerprint density at radius 2 is 0.635 bits per heavy atom. The molecular weight excluding hydrogens is 1120 g/mol. The molecule has 85 heavy (non-hydrogen) atoms. The van der Waals surface area contributed by atoms with Crippen molar-refractivity contribution in [2.45, 2.75) is 283 Å². The monoisotopic (exact) mass is 1240 g/mol. The van der Waals surface area contributed by atoms with Gasteiger partial charge in [-0.15, -0.1) is 0 Å². The second-order valence-electron chi connectivity index (χ2n) is 21.9. The Labute approximate surface area is 515 Å². The Kier molecular flexibility index (Phi) is 58.6. The van der Waals surface area contributed by atoms with Crippen LogP contribution in [0.5, 0.6) is 0 Å². The number of hydrogen-bond donors (Lipinski definition) is 4. The molecule has 0 spiro atoms. The van der Waals surface area contributed by atoms with Crippen LogP contribution in [0.15, 0.2) is 85.1 Å². The molecule has 0 saturated carbocycles. The highest BCUT2D eigenvalue weighted by Gasteiger charge is 2.29. The van der Waals surface area contributed by atoms with Crippen molar-refractivity contribution in [1.82, 2.24) is 0 Å². The minimum absolute atomic E-state index is 0.0937. The molecule has 16 nitrogen and oxygen atoms in total. The lowest BCUT2D eigenvalue weighted by atomic mass is 10.1. The molecule has 0 aliphatic rings. The molecule has 0 aromatic heterocycles. The van der Waals surface area contributed by atoms with Crippen molar-refractivity contribution in [3.05, 3.63) is 85.1 Å². The number of phosphoric acid groups is 2. The van der Waals surface area contributed by atoms with Crippen molar-refractivity contribution >= 4 is 33.6 Å². The quantitative estimate of drug-likeness (QED) is 0.0146. The van der Waals surface area contributed by atoms with Crippen LogP contribution in [-0.4, -0.2) is 95.9 Å². The van der Waals surface area contributed by atoms with E-state index in [4.69, 9.17) is 32.3 Å². The highest BCUT2D eigenvalue weighted by molar-refractivity contribution is 7.47. The molecule has 0 amide bonds. The van der Waals surface area contributed by atoms with E-state index in [9.17, 15) is 43.5 Å². The smallest absolute Gasteiger partial charge is 0.463 e. The Balaban J connectivity index is 4.48. The number of carbonyl (C=O) groups excluding carboxylic acids is 3. The maximum atomic E-state index is 12.8. The number of rotatable bonds is 62. The van der Waals surface area contributed by atoms with Gasteiger partial charge >= 0.3 is 33.6 Å². The number of phosphoric ester groups is 2. The maximum absolute atomic E-state index is 12.8. The zero-order chi connectivity index (χ0) is 62.4. The maximum Gasteiger partial charge on any atom is 0.472 e. The van der Waals surface area contributed by atoms with Crippen LogP contribution in [0.2, 0.25) is 0 Å². The van der Waals surface area contributed by atoms with Crippen molar-refractivity contribution in [1.29, 1.82) is 0 Å². The van der Waals surface area contributed by atoms with Gasteiger partial charge in [-0.1, -0.05) is 221 Å². The summed E-state index contributed by atoms with van der Waals surface area (Å²) >= 11 is 0. The van der Waals surface area contributed by atoms with E-state index >= 15 is 0 Å². The van der Waals surface area contributed by atoms with Gasteiger partial charge in [0, 0.05) is 19.3 Å².